The molecule has 10 heteroatoms. The first-order valence-corrected chi connectivity index (χ1v) is 14.8. The number of hydrogen-bond donors (Lipinski definition) is 1. The largest absolute Gasteiger partial charge is 0.352 e. The number of hydrogen-bond acceptors (Lipinski definition) is 4. The Kier molecular flexibility index (Phi) is 10.4. The van der Waals surface area contributed by atoms with Crippen molar-refractivity contribution in [2.45, 2.75) is 57.6 Å². The van der Waals surface area contributed by atoms with E-state index in [1.54, 1.807) is 67.6 Å². The zero-order chi connectivity index (χ0) is 28.7. The van der Waals surface area contributed by atoms with Crippen molar-refractivity contribution in [3.8, 4) is 0 Å². The predicted molar refractivity (Wildman–Crippen MR) is 157 cm³/mol. The van der Waals surface area contributed by atoms with Gasteiger partial charge in [-0.15, -0.1) is 0 Å². The lowest BCUT2D eigenvalue weighted by Gasteiger charge is -2.34. The van der Waals surface area contributed by atoms with Crippen molar-refractivity contribution in [1.82, 2.24) is 10.2 Å². The van der Waals surface area contributed by atoms with Gasteiger partial charge in [-0.2, -0.15) is 0 Å². The number of anilines is 1. The molecular weight excluding hydrogens is 557 g/mol. The van der Waals surface area contributed by atoms with Crippen LogP contribution in [-0.2, 0) is 26.2 Å². The van der Waals surface area contributed by atoms with Gasteiger partial charge in [0.25, 0.3) is 10.0 Å². The molecule has 39 heavy (non-hydrogen) atoms. The first kappa shape index (κ1) is 30.5. The molecule has 0 aromatic heterocycles. The summed E-state index contributed by atoms with van der Waals surface area (Å²) in [7, 11) is -4.12. The molecule has 1 atom stereocenters. The van der Waals surface area contributed by atoms with Crippen LogP contribution in [0.15, 0.2) is 77.7 Å². The minimum absolute atomic E-state index is 0.0451. The van der Waals surface area contributed by atoms with Gasteiger partial charge >= 0.3 is 0 Å². The van der Waals surface area contributed by atoms with Crippen molar-refractivity contribution in [3.05, 3.63) is 94.0 Å². The first-order chi connectivity index (χ1) is 18.4. The molecule has 7 nitrogen and oxygen atoms in total. The highest BCUT2D eigenvalue weighted by molar-refractivity contribution is 7.92. The van der Waals surface area contributed by atoms with Crippen molar-refractivity contribution >= 4 is 50.7 Å². The zero-order valence-corrected chi connectivity index (χ0v) is 24.7. The lowest BCUT2D eigenvalue weighted by atomic mass is 10.1. The standard InChI is InChI=1S/C29H33Cl2N3O4S/c1-5-27(29(36)32-20(2)3)33(18-24-25(30)12-9-13-26(24)31)28(35)19-34(22-16-14-21(4)15-17-22)39(37,38)23-10-7-6-8-11-23/h6-17,20,27H,5,18-19H2,1-4H3,(H,32,36)/t27-/m1/s1. The number of amides is 2. The van der Waals surface area contributed by atoms with E-state index < -0.39 is 28.5 Å². The summed E-state index contributed by atoms with van der Waals surface area (Å²) in [4.78, 5) is 28.6. The Morgan fingerprint density at radius 3 is 2.03 bits per heavy atom. The second-order valence-electron chi connectivity index (χ2n) is 9.47. The molecule has 0 radical (unpaired) electrons. The van der Waals surface area contributed by atoms with Gasteiger partial charge in [-0.3, -0.25) is 13.9 Å². The molecule has 1 N–H and O–H groups in total. The third-order valence-electron chi connectivity index (χ3n) is 6.14. The normalized spacial score (nSPS) is 12.2. The molecule has 0 aliphatic carbocycles. The Balaban J connectivity index is 2.09. The van der Waals surface area contributed by atoms with Crippen molar-refractivity contribution in [2.75, 3.05) is 10.8 Å². The summed E-state index contributed by atoms with van der Waals surface area (Å²) < 4.78 is 28.7. The van der Waals surface area contributed by atoms with E-state index in [0.717, 1.165) is 9.87 Å². The van der Waals surface area contributed by atoms with Crippen LogP contribution >= 0.6 is 23.2 Å². The van der Waals surface area contributed by atoms with Crippen LogP contribution in [0.25, 0.3) is 0 Å². The van der Waals surface area contributed by atoms with Gasteiger partial charge in [0.05, 0.1) is 10.6 Å². The average molecular weight is 591 g/mol. The van der Waals surface area contributed by atoms with E-state index in [-0.39, 0.29) is 23.4 Å². The summed E-state index contributed by atoms with van der Waals surface area (Å²) in [5.41, 5.74) is 1.74. The summed E-state index contributed by atoms with van der Waals surface area (Å²) in [5, 5.41) is 3.54. The number of halogens is 2. The fourth-order valence-corrected chi connectivity index (χ4v) is 6.07. The molecule has 0 heterocycles. The Morgan fingerprint density at radius 2 is 1.49 bits per heavy atom. The van der Waals surface area contributed by atoms with Gasteiger partial charge in [0.2, 0.25) is 11.8 Å². The van der Waals surface area contributed by atoms with Crippen molar-refractivity contribution in [2.24, 2.45) is 0 Å². The fourth-order valence-electron chi connectivity index (χ4n) is 4.11. The first-order valence-electron chi connectivity index (χ1n) is 12.6. The monoisotopic (exact) mass is 589 g/mol. The van der Waals surface area contributed by atoms with Gasteiger partial charge in [-0.1, -0.05) is 72.1 Å². The van der Waals surface area contributed by atoms with Gasteiger partial charge in [-0.05, 0) is 63.6 Å². The molecule has 208 valence electrons. The van der Waals surface area contributed by atoms with Crippen molar-refractivity contribution in [3.63, 3.8) is 0 Å². The Morgan fingerprint density at radius 1 is 0.897 bits per heavy atom. The summed E-state index contributed by atoms with van der Waals surface area (Å²) in [6.07, 6.45) is 0.294. The van der Waals surface area contributed by atoms with Crippen LogP contribution in [0.5, 0.6) is 0 Å². The van der Waals surface area contributed by atoms with E-state index in [2.05, 4.69) is 5.32 Å². The minimum Gasteiger partial charge on any atom is -0.352 e. The van der Waals surface area contributed by atoms with Gasteiger partial charge in [0, 0.05) is 28.2 Å². The van der Waals surface area contributed by atoms with Crippen LogP contribution in [0.3, 0.4) is 0 Å². The lowest BCUT2D eigenvalue weighted by molar-refractivity contribution is -0.140. The number of nitrogens with one attached hydrogen (secondary N) is 1. The number of nitrogens with zero attached hydrogens (tertiary/aromatic N) is 2. The summed E-state index contributed by atoms with van der Waals surface area (Å²) in [6.45, 7) is 6.72. The van der Waals surface area contributed by atoms with Crippen molar-refractivity contribution in [1.29, 1.82) is 0 Å². The van der Waals surface area contributed by atoms with Gasteiger partial charge < -0.3 is 10.2 Å². The smallest absolute Gasteiger partial charge is 0.264 e. The maximum Gasteiger partial charge on any atom is 0.264 e. The van der Waals surface area contributed by atoms with Crippen LogP contribution in [0, 0.1) is 6.92 Å². The van der Waals surface area contributed by atoms with Crippen LogP contribution < -0.4 is 9.62 Å². The van der Waals surface area contributed by atoms with E-state index in [0.29, 0.717) is 27.7 Å². The third-order valence-corrected chi connectivity index (χ3v) is 8.64. The summed E-state index contributed by atoms with van der Waals surface area (Å²) in [5.74, 6) is -0.923. The molecule has 0 fully saturated rings. The average Bonchev–Trinajstić information content (AvgIpc) is 2.89. The molecule has 0 bridgehead atoms. The SMILES string of the molecule is CC[C@H](C(=O)NC(C)C)N(Cc1c(Cl)cccc1Cl)C(=O)CN(c1ccc(C)cc1)S(=O)(=O)c1ccccc1. The minimum atomic E-state index is -4.12. The van der Waals surface area contributed by atoms with E-state index in [1.165, 1.54) is 17.0 Å². The zero-order valence-electron chi connectivity index (χ0n) is 22.4. The second-order valence-corrected chi connectivity index (χ2v) is 12.1. The van der Waals surface area contributed by atoms with E-state index >= 15 is 0 Å². The van der Waals surface area contributed by atoms with Gasteiger partial charge in [0.15, 0.2) is 0 Å². The highest BCUT2D eigenvalue weighted by Gasteiger charge is 2.34. The topological polar surface area (TPSA) is 86.8 Å². The molecule has 2 amide bonds. The molecule has 0 aliphatic rings. The van der Waals surface area contributed by atoms with Crippen LogP contribution in [0.2, 0.25) is 10.0 Å². The number of carbonyl (C=O) groups is 2. The Bertz CT molecular complexity index is 1380. The van der Waals surface area contributed by atoms with Crippen LogP contribution in [0.4, 0.5) is 5.69 Å². The highest BCUT2D eigenvalue weighted by Crippen LogP contribution is 2.29. The van der Waals surface area contributed by atoms with Crippen LogP contribution in [0.1, 0.15) is 38.3 Å². The predicted octanol–water partition coefficient (Wildman–Crippen LogP) is 5.83. The molecule has 0 saturated heterocycles. The molecular formula is C29H33Cl2N3O4S. The van der Waals surface area contributed by atoms with Crippen LogP contribution in [-0.4, -0.2) is 43.8 Å². The molecule has 0 unspecified atom stereocenters. The van der Waals surface area contributed by atoms with Gasteiger partial charge in [-0.25, -0.2) is 8.42 Å². The van der Waals surface area contributed by atoms with Crippen molar-refractivity contribution < 1.29 is 18.0 Å². The second kappa shape index (κ2) is 13.3. The number of carbonyl (C=O) groups excluding carboxylic acids is 2. The number of benzene rings is 3. The molecule has 3 aromatic rings. The maximum absolute atomic E-state index is 14.0. The summed E-state index contributed by atoms with van der Waals surface area (Å²) >= 11 is 12.9. The quantitative estimate of drug-likeness (QED) is 0.305. The molecule has 0 aliphatic heterocycles. The number of aryl methyl sites for hydroxylation is 1. The number of sulfonamides is 1. The molecule has 3 rings (SSSR count). The van der Waals surface area contributed by atoms with E-state index in [9.17, 15) is 18.0 Å². The summed E-state index contributed by atoms with van der Waals surface area (Å²) in [6, 6.07) is 18.7. The Labute approximate surface area is 240 Å². The Hall–Kier alpha value is -3.07. The fraction of sp³-hybridized carbons (Fsp3) is 0.310. The van der Waals surface area contributed by atoms with E-state index in [4.69, 9.17) is 23.2 Å². The molecule has 0 spiro atoms. The molecule has 0 saturated carbocycles. The third kappa shape index (κ3) is 7.53. The number of rotatable bonds is 11. The maximum atomic E-state index is 14.0. The lowest BCUT2D eigenvalue weighted by Crippen LogP contribution is -2.53. The highest BCUT2D eigenvalue weighted by atomic mass is 35.5. The van der Waals surface area contributed by atoms with E-state index in [1.807, 2.05) is 20.8 Å². The molecule has 3 aromatic carbocycles. The van der Waals surface area contributed by atoms with Gasteiger partial charge in [0.1, 0.15) is 12.6 Å².